The number of pyridine rings is 1. The van der Waals surface area contributed by atoms with Crippen LogP contribution < -0.4 is 0 Å². The third-order valence-corrected chi connectivity index (χ3v) is 2.85. The number of nitrogens with zero attached hydrogens (tertiary/aromatic N) is 1. The Balaban J connectivity index is 2.34. The first-order valence-electron chi connectivity index (χ1n) is 5.65. The molecule has 1 unspecified atom stereocenters. The molecule has 1 aromatic heterocycles. The van der Waals surface area contributed by atoms with Gasteiger partial charge in [-0.25, -0.2) is 0 Å². The molecule has 16 heavy (non-hydrogen) atoms. The van der Waals surface area contributed by atoms with Gasteiger partial charge in [-0.15, -0.1) is 0 Å². The van der Waals surface area contributed by atoms with Crippen molar-refractivity contribution in [1.29, 1.82) is 0 Å². The minimum atomic E-state index is -0.308. The van der Waals surface area contributed by atoms with Crippen LogP contribution in [0, 0.1) is 0 Å². The molecule has 0 bridgehead atoms. The van der Waals surface area contributed by atoms with Crippen LogP contribution in [0.5, 0.6) is 0 Å². The maximum Gasteiger partial charge on any atom is 0.0623 e. The van der Waals surface area contributed by atoms with E-state index in [1.807, 2.05) is 26.0 Å². The Labute approximate surface area is 97.5 Å². The van der Waals surface area contributed by atoms with E-state index in [-0.39, 0.29) is 11.7 Å². The monoisotopic (exact) mass is 223 g/mol. The predicted octanol–water partition coefficient (Wildman–Crippen LogP) is 2.19. The third-order valence-electron chi connectivity index (χ3n) is 2.85. The zero-order valence-corrected chi connectivity index (χ0v) is 10.3. The Bertz CT molecular complexity index is 298. The fraction of sp³-hybridized carbons (Fsp3) is 0.615. The van der Waals surface area contributed by atoms with Crippen molar-refractivity contribution < 1.29 is 9.84 Å². The lowest BCUT2D eigenvalue weighted by molar-refractivity contribution is 0.00306. The molecule has 1 N–H and O–H groups in total. The Hall–Kier alpha value is -0.930. The van der Waals surface area contributed by atoms with Crippen LogP contribution >= 0.6 is 0 Å². The first kappa shape index (κ1) is 13.1. The number of ether oxygens (including phenoxy) is 1. The van der Waals surface area contributed by atoms with Gasteiger partial charge in [0.1, 0.15) is 0 Å². The SMILES string of the molecule is COC(C)(C)CCC(O)Cc1ccncc1. The number of aromatic nitrogens is 1. The molecule has 0 aliphatic heterocycles. The third kappa shape index (κ3) is 4.73. The molecule has 1 atom stereocenters. The fourth-order valence-electron chi connectivity index (χ4n) is 1.51. The molecule has 3 nitrogen and oxygen atoms in total. The Kier molecular flexibility index (Phi) is 4.90. The lowest BCUT2D eigenvalue weighted by atomic mass is 9.97. The highest BCUT2D eigenvalue weighted by atomic mass is 16.5. The van der Waals surface area contributed by atoms with Crippen molar-refractivity contribution in [2.75, 3.05) is 7.11 Å². The molecule has 1 aromatic rings. The molecule has 90 valence electrons. The molecule has 0 radical (unpaired) electrons. The van der Waals surface area contributed by atoms with Crippen molar-refractivity contribution >= 4 is 0 Å². The highest BCUT2D eigenvalue weighted by molar-refractivity contribution is 5.10. The average molecular weight is 223 g/mol. The summed E-state index contributed by atoms with van der Waals surface area (Å²) in [6, 6.07) is 3.87. The molecular formula is C13H21NO2. The van der Waals surface area contributed by atoms with E-state index < -0.39 is 0 Å². The van der Waals surface area contributed by atoms with Crippen molar-refractivity contribution in [2.24, 2.45) is 0 Å². The van der Waals surface area contributed by atoms with Crippen LogP contribution in [0.3, 0.4) is 0 Å². The van der Waals surface area contributed by atoms with Crippen molar-refractivity contribution in [2.45, 2.75) is 44.8 Å². The second kappa shape index (κ2) is 5.97. The average Bonchev–Trinajstić information content (AvgIpc) is 2.28. The second-order valence-corrected chi connectivity index (χ2v) is 4.72. The smallest absolute Gasteiger partial charge is 0.0623 e. The number of rotatable bonds is 6. The summed E-state index contributed by atoms with van der Waals surface area (Å²) in [5, 5.41) is 9.89. The van der Waals surface area contributed by atoms with Crippen LogP contribution in [0.1, 0.15) is 32.3 Å². The van der Waals surface area contributed by atoms with Gasteiger partial charge in [-0.3, -0.25) is 4.98 Å². The van der Waals surface area contributed by atoms with E-state index >= 15 is 0 Å². The minimum absolute atomic E-state index is 0.154. The van der Waals surface area contributed by atoms with Gasteiger partial charge < -0.3 is 9.84 Å². The molecule has 0 aromatic carbocycles. The quantitative estimate of drug-likeness (QED) is 0.804. The molecule has 3 heteroatoms. The lowest BCUT2D eigenvalue weighted by Crippen LogP contribution is -2.25. The molecule has 1 rings (SSSR count). The lowest BCUT2D eigenvalue weighted by Gasteiger charge is -2.24. The predicted molar refractivity (Wildman–Crippen MR) is 64.3 cm³/mol. The molecular weight excluding hydrogens is 202 g/mol. The maximum atomic E-state index is 9.89. The number of methoxy groups -OCH3 is 1. The fourth-order valence-corrected chi connectivity index (χ4v) is 1.51. The topological polar surface area (TPSA) is 42.4 Å². The Morgan fingerprint density at radius 3 is 2.56 bits per heavy atom. The molecule has 0 aliphatic carbocycles. The van der Waals surface area contributed by atoms with E-state index in [0.29, 0.717) is 6.42 Å². The van der Waals surface area contributed by atoms with Gasteiger partial charge in [0.2, 0.25) is 0 Å². The summed E-state index contributed by atoms with van der Waals surface area (Å²) in [7, 11) is 1.70. The van der Waals surface area contributed by atoms with Gasteiger partial charge in [-0.2, -0.15) is 0 Å². The largest absolute Gasteiger partial charge is 0.393 e. The van der Waals surface area contributed by atoms with Crippen LogP contribution in [0.25, 0.3) is 0 Å². The summed E-state index contributed by atoms with van der Waals surface area (Å²) >= 11 is 0. The van der Waals surface area contributed by atoms with E-state index in [2.05, 4.69) is 4.98 Å². The highest BCUT2D eigenvalue weighted by Gasteiger charge is 2.18. The van der Waals surface area contributed by atoms with Gasteiger partial charge in [0, 0.05) is 19.5 Å². The van der Waals surface area contributed by atoms with Crippen LogP contribution in [-0.2, 0) is 11.2 Å². The summed E-state index contributed by atoms with van der Waals surface area (Å²) in [5.41, 5.74) is 0.969. The molecule has 0 spiro atoms. The van der Waals surface area contributed by atoms with Crippen LogP contribution in [0.15, 0.2) is 24.5 Å². The number of aliphatic hydroxyl groups excluding tert-OH is 1. The summed E-state index contributed by atoms with van der Waals surface area (Å²) in [4.78, 5) is 3.95. The van der Waals surface area contributed by atoms with E-state index in [4.69, 9.17) is 4.74 Å². The molecule has 0 amide bonds. The van der Waals surface area contributed by atoms with Crippen molar-refractivity contribution in [1.82, 2.24) is 4.98 Å². The molecule has 0 fully saturated rings. The molecule has 1 heterocycles. The van der Waals surface area contributed by atoms with Crippen LogP contribution in [-0.4, -0.2) is 28.9 Å². The zero-order chi connectivity index (χ0) is 12.0. The van der Waals surface area contributed by atoms with E-state index in [1.54, 1.807) is 19.5 Å². The normalized spacial score (nSPS) is 13.8. The maximum absolute atomic E-state index is 9.89. The first-order chi connectivity index (χ1) is 7.53. The van der Waals surface area contributed by atoms with E-state index in [1.165, 1.54) is 0 Å². The number of aliphatic hydroxyl groups is 1. The first-order valence-corrected chi connectivity index (χ1v) is 5.65. The van der Waals surface area contributed by atoms with Crippen LogP contribution in [0.2, 0.25) is 0 Å². The summed E-state index contributed by atoms with van der Waals surface area (Å²) in [6.07, 6.45) is 5.49. The van der Waals surface area contributed by atoms with Gasteiger partial charge in [0.15, 0.2) is 0 Å². The van der Waals surface area contributed by atoms with Crippen molar-refractivity contribution in [3.63, 3.8) is 0 Å². The minimum Gasteiger partial charge on any atom is -0.393 e. The van der Waals surface area contributed by atoms with Gasteiger partial charge in [-0.05, 0) is 50.8 Å². The highest BCUT2D eigenvalue weighted by Crippen LogP contribution is 2.18. The molecule has 0 saturated heterocycles. The molecule has 0 aliphatic rings. The van der Waals surface area contributed by atoms with Crippen molar-refractivity contribution in [3.8, 4) is 0 Å². The van der Waals surface area contributed by atoms with Gasteiger partial charge >= 0.3 is 0 Å². The Morgan fingerprint density at radius 2 is 2.00 bits per heavy atom. The Morgan fingerprint density at radius 1 is 1.38 bits per heavy atom. The second-order valence-electron chi connectivity index (χ2n) is 4.72. The van der Waals surface area contributed by atoms with Crippen molar-refractivity contribution in [3.05, 3.63) is 30.1 Å². The number of hydrogen-bond donors (Lipinski definition) is 1. The van der Waals surface area contributed by atoms with Gasteiger partial charge in [0.05, 0.1) is 11.7 Å². The zero-order valence-electron chi connectivity index (χ0n) is 10.3. The molecule has 0 saturated carbocycles. The van der Waals surface area contributed by atoms with Gasteiger partial charge in [0.25, 0.3) is 0 Å². The summed E-state index contributed by atoms with van der Waals surface area (Å²) < 4.78 is 5.32. The van der Waals surface area contributed by atoms with Gasteiger partial charge in [-0.1, -0.05) is 0 Å². The van der Waals surface area contributed by atoms with E-state index in [9.17, 15) is 5.11 Å². The van der Waals surface area contributed by atoms with E-state index in [0.717, 1.165) is 18.4 Å². The summed E-state index contributed by atoms with van der Waals surface area (Å²) in [6.45, 7) is 4.07. The van der Waals surface area contributed by atoms with Crippen LogP contribution in [0.4, 0.5) is 0 Å². The summed E-state index contributed by atoms with van der Waals surface area (Å²) in [5.74, 6) is 0. The number of hydrogen-bond acceptors (Lipinski definition) is 3. The standard InChI is InChI=1S/C13H21NO2/c1-13(2,16-3)7-4-12(15)10-11-5-8-14-9-6-11/h5-6,8-9,12,15H,4,7,10H2,1-3H3.